The van der Waals surface area contributed by atoms with Crippen LogP contribution in [0.15, 0.2) is 42.5 Å². The van der Waals surface area contributed by atoms with Crippen LogP contribution in [0.3, 0.4) is 0 Å². The van der Waals surface area contributed by atoms with Crippen molar-refractivity contribution in [1.82, 2.24) is 0 Å². The Morgan fingerprint density at radius 2 is 2.00 bits per heavy atom. The molecule has 0 radical (unpaired) electrons. The number of hydrogen-bond acceptors (Lipinski definition) is 2. The summed E-state index contributed by atoms with van der Waals surface area (Å²) in [5.41, 5.74) is 2.89. The number of halogens is 1. The zero-order chi connectivity index (χ0) is 12.5. The Morgan fingerprint density at radius 3 is 2.83 bits per heavy atom. The summed E-state index contributed by atoms with van der Waals surface area (Å²) in [5.74, 6) is 0.116. The van der Waals surface area contributed by atoms with Gasteiger partial charge in [0.1, 0.15) is 11.6 Å². The van der Waals surface area contributed by atoms with E-state index in [4.69, 9.17) is 0 Å². The molecule has 1 aliphatic rings. The first-order valence-corrected chi connectivity index (χ1v) is 6.07. The van der Waals surface area contributed by atoms with E-state index in [0.717, 1.165) is 29.7 Å². The van der Waals surface area contributed by atoms with Gasteiger partial charge in [-0.1, -0.05) is 18.2 Å². The highest BCUT2D eigenvalue weighted by Gasteiger charge is 2.24. The maximum atomic E-state index is 13.1. The number of hydrogen-bond donors (Lipinski definition) is 2. The van der Waals surface area contributed by atoms with Crippen LogP contribution in [0.5, 0.6) is 5.75 Å². The maximum absolute atomic E-state index is 13.1. The quantitative estimate of drug-likeness (QED) is 0.844. The third kappa shape index (κ3) is 1.92. The second-order valence-electron chi connectivity index (χ2n) is 4.59. The second kappa shape index (κ2) is 4.33. The minimum Gasteiger partial charge on any atom is -0.508 e. The van der Waals surface area contributed by atoms with E-state index in [1.807, 2.05) is 18.2 Å². The summed E-state index contributed by atoms with van der Waals surface area (Å²) in [6.45, 7) is 0. The zero-order valence-corrected chi connectivity index (χ0v) is 9.86. The van der Waals surface area contributed by atoms with Gasteiger partial charge in [-0.15, -0.1) is 0 Å². The Morgan fingerprint density at radius 1 is 1.17 bits per heavy atom. The summed E-state index contributed by atoms with van der Waals surface area (Å²) in [5, 5.41) is 13.1. The van der Waals surface area contributed by atoms with Crippen molar-refractivity contribution in [3.8, 4) is 5.75 Å². The van der Waals surface area contributed by atoms with Gasteiger partial charge in [-0.2, -0.15) is 0 Å². The number of anilines is 1. The normalized spacial score (nSPS) is 17.5. The fraction of sp³-hybridized carbons (Fsp3) is 0.200. The first-order valence-electron chi connectivity index (χ1n) is 6.07. The summed E-state index contributed by atoms with van der Waals surface area (Å²) >= 11 is 0. The largest absolute Gasteiger partial charge is 0.508 e. The number of nitrogens with one attached hydrogen (secondary N) is 1. The van der Waals surface area contributed by atoms with Crippen LogP contribution in [0.4, 0.5) is 10.1 Å². The molecule has 2 nitrogen and oxygen atoms in total. The summed E-state index contributed by atoms with van der Waals surface area (Å²) in [4.78, 5) is 0. The number of fused-ring (bicyclic) bond motifs is 1. The van der Waals surface area contributed by atoms with Crippen LogP contribution < -0.4 is 5.32 Å². The summed E-state index contributed by atoms with van der Waals surface area (Å²) in [6, 6.07) is 12.2. The molecule has 0 amide bonds. The molecular weight excluding hydrogens is 229 g/mol. The molecule has 0 aromatic heterocycles. The lowest BCUT2D eigenvalue weighted by atomic mass is 10.1. The van der Waals surface area contributed by atoms with E-state index in [1.54, 1.807) is 12.1 Å². The summed E-state index contributed by atoms with van der Waals surface area (Å²) in [7, 11) is 0. The minimum atomic E-state index is -0.242. The van der Waals surface area contributed by atoms with E-state index in [0.29, 0.717) is 5.75 Å². The number of phenols is 1. The van der Waals surface area contributed by atoms with Gasteiger partial charge in [-0.05, 0) is 48.2 Å². The summed E-state index contributed by atoms with van der Waals surface area (Å²) < 4.78 is 13.1. The maximum Gasteiger partial charge on any atom is 0.125 e. The van der Waals surface area contributed by atoms with Gasteiger partial charge in [0.2, 0.25) is 0 Å². The minimum absolute atomic E-state index is 0.147. The van der Waals surface area contributed by atoms with Gasteiger partial charge in [0.15, 0.2) is 0 Å². The third-order valence-corrected chi connectivity index (χ3v) is 3.41. The molecule has 18 heavy (non-hydrogen) atoms. The van der Waals surface area contributed by atoms with E-state index in [1.165, 1.54) is 12.1 Å². The molecule has 92 valence electrons. The Bertz CT molecular complexity index is 582. The zero-order valence-electron chi connectivity index (χ0n) is 9.86. The van der Waals surface area contributed by atoms with Gasteiger partial charge >= 0.3 is 0 Å². The third-order valence-electron chi connectivity index (χ3n) is 3.41. The first kappa shape index (κ1) is 11.1. The predicted molar refractivity (Wildman–Crippen MR) is 69.2 cm³/mol. The number of rotatable bonds is 2. The smallest absolute Gasteiger partial charge is 0.125 e. The van der Waals surface area contributed by atoms with E-state index in [2.05, 4.69) is 5.32 Å². The van der Waals surface area contributed by atoms with Crippen molar-refractivity contribution >= 4 is 5.69 Å². The molecule has 3 rings (SSSR count). The van der Waals surface area contributed by atoms with Crippen molar-refractivity contribution in [2.45, 2.75) is 18.9 Å². The van der Waals surface area contributed by atoms with Crippen LogP contribution in [-0.2, 0) is 6.42 Å². The average Bonchev–Trinajstić information content (AvgIpc) is 2.74. The van der Waals surface area contributed by atoms with Gasteiger partial charge in [0, 0.05) is 5.69 Å². The van der Waals surface area contributed by atoms with Crippen molar-refractivity contribution in [3.63, 3.8) is 0 Å². The van der Waals surface area contributed by atoms with E-state index in [9.17, 15) is 9.50 Å². The van der Waals surface area contributed by atoms with E-state index < -0.39 is 0 Å². The lowest BCUT2D eigenvalue weighted by Crippen LogP contribution is -2.07. The van der Waals surface area contributed by atoms with Crippen LogP contribution in [0.25, 0.3) is 0 Å². The van der Waals surface area contributed by atoms with Crippen molar-refractivity contribution < 1.29 is 9.50 Å². The second-order valence-corrected chi connectivity index (χ2v) is 4.59. The molecule has 0 fully saturated rings. The van der Waals surface area contributed by atoms with Crippen molar-refractivity contribution in [1.29, 1.82) is 0 Å². The molecule has 2 aromatic carbocycles. The average molecular weight is 243 g/mol. The predicted octanol–water partition coefficient (Wildman–Crippen LogP) is 3.63. The van der Waals surface area contributed by atoms with Gasteiger partial charge in [0.05, 0.1) is 6.04 Å². The molecule has 0 saturated carbocycles. The fourth-order valence-electron chi connectivity index (χ4n) is 2.56. The number of benzene rings is 2. The molecule has 0 heterocycles. The summed E-state index contributed by atoms with van der Waals surface area (Å²) in [6.07, 6.45) is 1.78. The van der Waals surface area contributed by atoms with E-state index >= 15 is 0 Å². The number of aromatic hydroxyl groups is 1. The lowest BCUT2D eigenvalue weighted by Gasteiger charge is -2.15. The molecule has 2 N–H and O–H groups in total. The van der Waals surface area contributed by atoms with Gasteiger partial charge in [0.25, 0.3) is 0 Å². The Labute approximate surface area is 105 Å². The van der Waals surface area contributed by atoms with Crippen molar-refractivity contribution in [3.05, 3.63) is 59.4 Å². The highest BCUT2D eigenvalue weighted by atomic mass is 19.1. The monoisotopic (exact) mass is 243 g/mol. The first-order chi connectivity index (χ1) is 8.74. The van der Waals surface area contributed by atoms with Crippen LogP contribution in [-0.4, -0.2) is 5.11 Å². The molecule has 0 saturated heterocycles. The van der Waals surface area contributed by atoms with Crippen LogP contribution >= 0.6 is 0 Å². The van der Waals surface area contributed by atoms with Crippen LogP contribution in [0.1, 0.15) is 23.6 Å². The molecule has 1 atom stereocenters. The highest BCUT2D eigenvalue weighted by molar-refractivity contribution is 5.51. The van der Waals surface area contributed by atoms with Gasteiger partial charge in [-0.3, -0.25) is 0 Å². The molecule has 0 bridgehead atoms. The standard InChI is InChI=1S/C15H14FNO/c16-10-3-1-4-11(9-10)17-14-8-7-13-12(14)5-2-6-15(13)18/h1-6,9,14,17-18H,7-8H2. The molecular formula is C15H14FNO. The molecule has 3 heteroatoms. The Hall–Kier alpha value is -2.03. The van der Waals surface area contributed by atoms with Crippen LogP contribution in [0, 0.1) is 5.82 Å². The lowest BCUT2D eigenvalue weighted by molar-refractivity contribution is 0.469. The Kier molecular flexibility index (Phi) is 2.67. The van der Waals surface area contributed by atoms with Crippen molar-refractivity contribution in [2.24, 2.45) is 0 Å². The molecule has 1 aliphatic carbocycles. The molecule has 0 aliphatic heterocycles. The van der Waals surface area contributed by atoms with Crippen LogP contribution in [0.2, 0.25) is 0 Å². The Balaban J connectivity index is 1.87. The fourth-order valence-corrected chi connectivity index (χ4v) is 2.56. The molecule has 0 spiro atoms. The number of phenolic OH excluding ortho intramolecular Hbond substituents is 1. The topological polar surface area (TPSA) is 32.3 Å². The molecule has 2 aromatic rings. The van der Waals surface area contributed by atoms with E-state index in [-0.39, 0.29) is 11.9 Å². The van der Waals surface area contributed by atoms with Crippen molar-refractivity contribution in [2.75, 3.05) is 5.32 Å². The van der Waals surface area contributed by atoms with Gasteiger partial charge < -0.3 is 10.4 Å². The van der Waals surface area contributed by atoms with Gasteiger partial charge in [-0.25, -0.2) is 4.39 Å². The highest BCUT2D eigenvalue weighted by Crippen LogP contribution is 2.38. The SMILES string of the molecule is Oc1cccc2c1CCC2Nc1cccc(F)c1. The molecule has 1 unspecified atom stereocenters.